The SMILES string of the molecule is CCCCC/C=C\C=C/CCCCCCCCCCCC(O)C(=O)NC(COC1OC(CO)C(O)C(O)C1O)C(O)C(O)CCC/C=C/CC/C=C/CCCCC. The van der Waals surface area contributed by atoms with Gasteiger partial charge < -0.3 is 50.5 Å². The number of amides is 1. The fraction of sp³-hybridized carbons (Fsp3) is 0.804. The van der Waals surface area contributed by atoms with E-state index in [9.17, 15) is 40.5 Å². The van der Waals surface area contributed by atoms with Crippen LogP contribution >= 0.6 is 0 Å². The number of nitrogens with one attached hydrogen (secondary N) is 1. The molecule has 0 spiro atoms. The summed E-state index contributed by atoms with van der Waals surface area (Å²) in [6, 6.07) is -1.19. The lowest BCUT2D eigenvalue weighted by Crippen LogP contribution is -2.60. The van der Waals surface area contributed by atoms with Gasteiger partial charge in [-0.15, -0.1) is 0 Å². The first kappa shape index (κ1) is 53.1. The Hall–Kier alpha value is -1.93. The third kappa shape index (κ3) is 26.0. The van der Waals surface area contributed by atoms with Crippen molar-refractivity contribution in [1.82, 2.24) is 5.32 Å². The molecule has 8 N–H and O–H groups in total. The van der Waals surface area contributed by atoms with E-state index in [-0.39, 0.29) is 12.8 Å². The van der Waals surface area contributed by atoms with Crippen LogP contribution < -0.4 is 5.32 Å². The molecule has 57 heavy (non-hydrogen) atoms. The summed E-state index contributed by atoms with van der Waals surface area (Å²) in [5.74, 6) is -0.719. The molecule has 11 nitrogen and oxygen atoms in total. The lowest BCUT2D eigenvalue weighted by molar-refractivity contribution is -0.303. The molecule has 0 aliphatic carbocycles. The summed E-state index contributed by atoms with van der Waals surface area (Å²) < 4.78 is 11.0. The zero-order valence-electron chi connectivity index (χ0n) is 35.6. The van der Waals surface area contributed by atoms with Crippen LogP contribution in [-0.4, -0.2) is 110 Å². The third-order valence-corrected chi connectivity index (χ3v) is 10.6. The zero-order chi connectivity index (χ0) is 41.9. The molecule has 0 radical (unpaired) electrons. The van der Waals surface area contributed by atoms with E-state index in [2.05, 4.69) is 67.8 Å². The molecule has 0 aromatic carbocycles. The van der Waals surface area contributed by atoms with Crippen LogP contribution in [0.3, 0.4) is 0 Å². The molecule has 0 aromatic rings. The van der Waals surface area contributed by atoms with Gasteiger partial charge in [-0.3, -0.25) is 4.79 Å². The zero-order valence-corrected chi connectivity index (χ0v) is 35.6. The number of aliphatic hydroxyl groups excluding tert-OH is 7. The van der Waals surface area contributed by atoms with Gasteiger partial charge in [-0.2, -0.15) is 0 Å². The van der Waals surface area contributed by atoms with E-state index in [0.717, 1.165) is 51.4 Å². The summed E-state index contributed by atoms with van der Waals surface area (Å²) in [5.41, 5.74) is 0. The van der Waals surface area contributed by atoms with E-state index in [4.69, 9.17) is 9.47 Å². The van der Waals surface area contributed by atoms with Gasteiger partial charge in [0.25, 0.3) is 0 Å². The van der Waals surface area contributed by atoms with Crippen molar-refractivity contribution in [2.24, 2.45) is 0 Å². The number of ether oxygens (including phenoxy) is 2. The largest absolute Gasteiger partial charge is 0.394 e. The van der Waals surface area contributed by atoms with Crippen molar-refractivity contribution in [1.29, 1.82) is 0 Å². The van der Waals surface area contributed by atoms with Crippen molar-refractivity contribution in [2.45, 2.75) is 223 Å². The molecule has 332 valence electrons. The highest BCUT2D eigenvalue weighted by Gasteiger charge is 2.44. The molecule has 1 aliphatic heterocycles. The summed E-state index contributed by atoms with van der Waals surface area (Å²) in [7, 11) is 0. The summed E-state index contributed by atoms with van der Waals surface area (Å²) in [5, 5.41) is 75.5. The minimum Gasteiger partial charge on any atom is -0.394 e. The summed E-state index contributed by atoms with van der Waals surface area (Å²) in [6.45, 7) is 3.33. The van der Waals surface area contributed by atoms with Gasteiger partial charge in [-0.25, -0.2) is 0 Å². The Balaban J connectivity index is 2.48. The first-order valence-corrected chi connectivity index (χ1v) is 22.6. The molecular formula is C46H83NO10. The van der Waals surface area contributed by atoms with Gasteiger partial charge >= 0.3 is 0 Å². The highest BCUT2D eigenvalue weighted by molar-refractivity contribution is 5.80. The lowest BCUT2D eigenvalue weighted by Gasteiger charge is -2.40. The first-order chi connectivity index (χ1) is 27.7. The molecule has 9 atom stereocenters. The van der Waals surface area contributed by atoms with Crippen molar-refractivity contribution < 1.29 is 50.0 Å². The summed E-state index contributed by atoms with van der Waals surface area (Å²) >= 11 is 0. The number of allylic oxidation sites excluding steroid dienone is 8. The molecule has 0 saturated carbocycles. The average Bonchev–Trinajstić information content (AvgIpc) is 3.21. The Morgan fingerprint density at radius 2 is 1.11 bits per heavy atom. The van der Waals surface area contributed by atoms with Crippen LogP contribution in [0, 0.1) is 0 Å². The fourth-order valence-corrected chi connectivity index (χ4v) is 6.80. The maximum Gasteiger partial charge on any atom is 0.249 e. The van der Waals surface area contributed by atoms with Gasteiger partial charge in [-0.05, 0) is 77.0 Å². The molecule has 1 rings (SSSR count). The second-order valence-corrected chi connectivity index (χ2v) is 15.8. The maximum atomic E-state index is 13.1. The van der Waals surface area contributed by atoms with Gasteiger partial charge in [-0.1, -0.05) is 140 Å². The first-order valence-electron chi connectivity index (χ1n) is 22.6. The van der Waals surface area contributed by atoms with Crippen LogP contribution in [0.2, 0.25) is 0 Å². The highest BCUT2D eigenvalue weighted by atomic mass is 16.7. The normalized spacial score (nSPS) is 22.6. The van der Waals surface area contributed by atoms with Crippen molar-refractivity contribution in [3.8, 4) is 0 Å². The minimum absolute atomic E-state index is 0.242. The van der Waals surface area contributed by atoms with Crippen LogP contribution in [0.4, 0.5) is 0 Å². The van der Waals surface area contributed by atoms with Crippen LogP contribution in [0.15, 0.2) is 48.6 Å². The number of unbranched alkanes of at least 4 members (excludes halogenated alkanes) is 17. The molecule has 1 aliphatic rings. The standard InChI is InChI=1S/C46H83NO10/c1-3-5-7-9-11-13-15-17-18-19-20-21-22-24-26-28-30-32-34-39(50)45(55)47-37(36-56-46-44(54)43(53)42(52)40(35-48)57-46)41(51)38(49)33-31-29-27-25-23-16-14-12-10-8-6-4-2/h11-15,17,25,27,37-44,46,48-54H,3-10,16,18-24,26,28-36H2,1-2H3,(H,47,55)/b13-11-,14-12+,17-15-,27-25+. The van der Waals surface area contributed by atoms with E-state index in [1.807, 2.05) is 0 Å². The van der Waals surface area contributed by atoms with Gasteiger partial charge in [0.15, 0.2) is 6.29 Å². The molecule has 1 amide bonds. The molecule has 0 bridgehead atoms. The Morgan fingerprint density at radius 1 is 0.614 bits per heavy atom. The molecular weight excluding hydrogens is 727 g/mol. The number of rotatable bonds is 36. The summed E-state index contributed by atoms with van der Waals surface area (Å²) in [6.07, 6.45) is 30.2. The predicted octanol–water partition coefficient (Wildman–Crippen LogP) is 7.00. The molecule has 0 aromatic heterocycles. The van der Waals surface area contributed by atoms with Gasteiger partial charge in [0, 0.05) is 0 Å². The lowest BCUT2D eigenvalue weighted by atomic mass is 9.98. The predicted molar refractivity (Wildman–Crippen MR) is 228 cm³/mol. The van der Waals surface area contributed by atoms with Crippen LogP contribution in [0.25, 0.3) is 0 Å². The van der Waals surface area contributed by atoms with Gasteiger partial charge in [0.2, 0.25) is 5.91 Å². The van der Waals surface area contributed by atoms with Crippen LogP contribution in [-0.2, 0) is 14.3 Å². The smallest absolute Gasteiger partial charge is 0.249 e. The second kappa shape index (κ2) is 36.0. The monoisotopic (exact) mass is 810 g/mol. The van der Waals surface area contributed by atoms with Gasteiger partial charge in [0.1, 0.15) is 36.6 Å². The quantitative estimate of drug-likeness (QED) is 0.0186. The Labute approximate surface area is 345 Å². The Bertz CT molecular complexity index is 1070. The number of carbonyl (C=O) groups is 1. The van der Waals surface area contributed by atoms with E-state index in [1.165, 1.54) is 70.6 Å². The molecule has 1 heterocycles. The number of hydrogen-bond acceptors (Lipinski definition) is 10. The molecule has 1 saturated heterocycles. The van der Waals surface area contributed by atoms with Crippen LogP contribution in [0.1, 0.15) is 168 Å². The van der Waals surface area contributed by atoms with E-state index < -0.39 is 74.2 Å². The Morgan fingerprint density at radius 3 is 1.67 bits per heavy atom. The third-order valence-electron chi connectivity index (χ3n) is 10.6. The summed E-state index contributed by atoms with van der Waals surface area (Å²) in [4.78, 5) is 13.1. The van der Waals surface area contributed by atoms with Crippen molar-refractivity contribution in [3.63, 3.8) is 0 Å². The van der Waals surface area contributed by atoms with Crippen molar-refractivity contribution in [3.05, 3.63) is 48.6 Å². The maximum absolute atomic E-state index is 13.1. The molecule has 11 heteroatoms. The van der Waals surface area contributed by atoms with Crippen molar-refractivity contribution >= 4 is 5.91 Å². The fourth-order valence-electron chi connectivity index (χ4n) is 6.80. The number of hydrogen-bond donors (Lipinski definition) is 8. The Kier molecular flexibility index (Phi) is 33.5. The highest BCUT2D eigenvalue weighted by Crippen LogP contribution is 2.23. The molecule has 1 fully saturated rings. The van der Waals surface area contributed by atoms with Gasteiger partial charge in [0.05, 0.1) is 25.4 Å². The van der Waals surface area contributed by atoms with Crippen LogP contribution in [0.5, 0.6) is 0 Å². The number of carbonyl (C=O) groups excluding carboxylic acids is 1. The second-order valence-electron chi connectivity index (χ2n) is 15.8. The molecule has 9 unspecified atom stereocenters. The topological polar surface area (TPSA) is 189 Å². The van der Waals surface area contributed by atoms with E-state index in [0.29, 0.717) is 19.3 Å². The minimum atomic E-state index is -1.67. The average molecular weight is 810 g/mol. The number of aliphatic hydroxyl groups is 7. The van der Waals surface area contributed by atoms with E-state index >= 15 is 0 Å². The van der Waals surface area contributed by atoms with E-state index in [1.54, 1.807) is 0 Å². The van der Waals surface area contributed by atoms with Crippen molar-refractivity contribution in [2.75, 3.05) is 13.2 Å².